The van der Waals surface area contributed by atoms with E-state index >= 15 is 0 Å². The zero-order valence-corrected chi connectivity index (χ0v) is 11.1. The molecule has 0 spiro atoms. The van der Waals surface area contributed by atoms with E-state index in [0.717, 1.165) is 22.6 Å². The molecule has 0 saturated carbocycles. The van der Waals surface area contributed by atoms with Crippen molar-refractivity contribution in [2.45, 2.75) is 20.4 Å². The van der Waals surface area contributed by atoms with Crippen molar-refractivity contribution in [3.63, 3.8) is 0 Å². The van der Waals surface area contributed by atoms with Crippen LogP contribution in [-0.4, -0.2) is 10.9 Å². The molecule has 0 aliphatic carbocycles. The lowest BCUT2D eigenvalue weighted by atomic mass is 10.1. The summed E-state index contributed by atoms with van der Waals surface area (Å²) in [6, 6.07) is 11.1. The molecule has 1 aromatic carbocycles. The van der Waals surface area contributed by atoms with E-state index in [-0.39, 0.29) is 5.91 Å². The Bertz CT molecular complexity index is 608. The molecule has 0 aliphatic rings. The molecule has 4 heteroatoms. The Kier molecular flexibility index (Phi) is 3.92. The quantitative estimate of drug-likeness (QED) is 0.885. The Labute approximate surface area is 112 Å². The molecule has 0 saturated heterocycles. The van der Waals surface area contributed by atoms with E-state index in [1.165, 1.54) is 0 Å². The molecule has 0 fully saturated rings. The molecular formula is C15H17N3O. The van der Waals surface area contributed by atoms with Gasteiger partial charge in [0.25, 0.3) is 5.91 Å². The van der Waals surface area contributed by atoms with E-state index in [1.54, 1.807) is 6.07 Å². The van der Waals surface area contributed by atoms with Gasteiger partial charge in [-0.25, -0.2) is 0 Å². The second-order valence-corrected chi connectivity index (χ2v) is 4.40. The minimum Gasteiger partial charge on any atom is -0.326 e. The molecule has 4 nitrogen and oxygen atoms in total. The first-order valence-electron chi connectivity index (χ1n) is 6.15. The number of nitrogens with one attached hydrogen (secondary N) is 1. The van der Waals surface area contributed by atoms with Gasteiger partial charge in [0.05, 0.1) is 11.3 Å². The Hall–Kier alpha value is -2.20. The highest BCUT2D eigenvalue weighted by atomic mass is 16.1. The van der Waals surface area contributed by atoms with Crippen molar-refractivity contribution in [1.29, 1.82) is 0 Å². The summed E-state index contributed by atoms with van der Waals surface area (Å²) in [5, 5.41) is 2.88. The standard InChI is InChI=1S/C15H17N3O/c1-10-7-8-13(11(2)17-10)15(19)18-14-6-4-3-5-12(14)9-16/h3-8H,9,16H2,1-2H3,(H,18,19). The zero-order chi connectivity index (χ0) is 13.8. The Morgan fingerprint density at radius 2 is 1.95 bits per heavy atom. The summed E-state index contributed by atoms with van der Waals surface area (Å²) in [5.74, 6) is -0.161. The van der Waals surface area contributed by atoms with Crippen molar-refractivity contribution >= 4 is 11.6 Å². The first-order chi connectivity index (χ1) is 9.11. The number of rotatable bonds is 3. The molecule has 0 bridgehead atoms. The Balaban J connectivity index is 2.26. The summed E-state index contributed by atoms with van der Waals surface area (Å²) in [6.45, 7) is 4.12. The maximum atomic E-state index is 12.2. The summed E-state index contributed by atoms with van der Waals surface area (Å²) >= 11 is 0. The van der Waals surface area contributed by atoms with Crippen molar-refractivity contribution in [2.75, 3.05) is 5.32 Å². The molecule has 3 N–H and O–H groups in total. The van der Waals surface area contributed by atoms with Gasteiger partial charge in [-0.15, -0.1) is 0 Å². The second kappa shape index (κ2) is 5.63. The molecular weight excluding hydrogens is 238 g/mol. The average Bonchev–Trinajstić information content (AvgIpc) is 2.39. The number of hydrogen-bond acceptors (Lipinski definition) is 3. The maximum absolute atomic E-state index is 12.2. The predicted molar refractivity (Wildman–Crippen MR) is 76.0 cm³/mol. The lowest BCUT2D eigenvalue weighted by molar-refractivity contribution is 0.102. The number of nitrogens with zero attached hydrogens (tertiary/aromatic N) is 1. The van der Waals surface area contributed by atoms with E-state index in [9.17, 15) is 4.79 Å². The number of pyridine rings is 1. The summed E-state index contributed by atoms with van der Waals surface area (Å²) < 4.78 is 0. The smallest absolute Gasteiger partial charge is 0.257 e. The number of aryl methyl sites for hydroxylation is 2. The largest absolute Gasteiger partial charge is 0.326 e. The van der Waals surface area contributed by atoms with Gasteiger partial charge in [0, 0.05) is 17.9 Å². The Morgan fingerprint density at radius 3 is 2.63 bits per heavy atom. The van der Waals surface area contributed by atoms with Crippen LogP contribution in [0.1, 0.15) is 27.3 Å². The molecule has 19 heavy (non-hydrogen) atoms. The van der Waals surface area contributed by atoms with Gasteiger partial charge < -0.3 is 11.1 Å². The highest BCUT2D eigenvalue weighted by molar-refractivity contribution is 6.05. The van der Waals surface area contributed by atoms with Gasteiger partial charge in [-0.1, -0.05) is 18.2 Å². The normalized spacial score (nSPS) is 10.3. The molecule has 1 aromatic heterocycles. The fourth-order valence-electron chi connectivity index (χ4n) is 1.94. The van der Waals surface area contributed by atoms with Crippen LogP contribution in [0.25, 0.3) is 0 Å². The number of nitrogens with two attached hydrogens (primary N) is 1. The van der Waals surface area contributed by atoms with Crippen molar-refractivity contribution in [2.24, 2.45) is 5.73 Å². The van der Waals surface area contributed by atoms with Crippen molar-refractivity contribution in [1.82, 2.24) is 4.98 Å². The van der Waals surface area contributed by atoms with E-state index in [1.807, 2.05) is 44.2 Å². The molecule has 0 aliphatic heterocycles. The number of carbonyl (C=O) groups excluding carboxylic acids is 1. The third-order valence-corrected chi connectivity index (χ3v) is 2.96. The van der Waals surface area contributed by atoms with Crippen LogP contribution >= 0.6 is 0 Å². The van der Waals surface area contributed by atoms with Gasteiger partial charge in [-0.3, -0.25) is 9.78 Å². The number of benzene rings is 1. The van der Waals surface area contributed by atoms with Crippen LogP contribution in [0.5, 0.6) is 0 Å². The fraction of sp³-hybridized carbons (Fsp3) is 0.200. The van der Waals surface area contributed by atoms with Gasteiger partial charge in [-0.2, -0.15) is 0 Å². The zero-order valence-electron chi connectivity index (χ0n) is 11.1. The fourth-order valence-corrected chi connectivity index (χ4v) is 1.94. The van der Waals surface area contributed by atoms with E-state index < -0.39 is 0 Å². The van der Waals surface area contributed by atoms with Crippen LogP contribution in [0, 0.1) is 13.8 Å². The minimum atomic E-state index is -0.161. The molecule has 0 atom stereocenters. The molecule has 0 unspecified atom stereocenters. The van der Waals surface area contributed by atoms with Crippen molar-refractivity contribution < 1.29 is 4.79 Å². The number of aromatic nitrogens is 1. The van der Waals surface area contributed by atoms with Gasteiger partial charge in [0.2, 0.25) is 0 Å². The van der Waals surface area contributed by atoms with E-state index in [0.29, 0.717) is 12.1 Å². The van der Waals surface area contributed by atoms with Crippen LogP contribution < -0.4 is 11.1 Å². The summed E-state index contributed by atoms with van der Waals surface area (Å²) in [4.78, 5) is 16.5. The molecule has 1 heterocycles. The SMILES string of the molecule is Cc1ccc(C(=O)Nc2ccccc2CN)c(C)n1. The molecule has 2 aromatic rings. The molecule has 0 radical (unpaired) electrons. The summed E-state index contributed by atoms with van der Waals surface area (Å²) in [5.41, 5.74) is 9.51. The number of para-hydroxylation sites is 1. The van der Waals surface area contributed by atoms with Crippen molar-refractivity contribution in [3.05, 3.63) is 58.9 Å². The lowest BCUT2D eigenvalue weighted by Crippen LogP contribution is -2.16. The summed E-state index contributed by atoms with van der Waals surface area (Å²) in [7, 11) is 0. The van der Waals surface area contributed by atoms with Crippen LogP contribution in [0.15, 0.2) is 36.4 Å². The van der Waals surface area contributed by atoms with Crippen LogP contribution in [0.4, 0.5) is 5.69 Å². The molecule has 98 valence electrons. The van der Waals surface area contributed by atoms with Crippen molar-refractivity contribution in [3.8, 4) is 0 Å². The predicted octanol–water partition coefficient (Wildman–Crippen LogP) is 2.41. The minimum absolute atomic E-state index is 0.161. The maximum Gasteiger partial charge on any atom is 0.257 e. The highest BCUT2D eigenvalue weighted by Crippen LogP contribution is 2.16. The Morgan fingerprint density at radius 1 is 1.21 bits per heavy atom. The third kappa shape index (κ3) is 2.98. The topological polar surface area (TPSA) is 68.0 Å². The molecule has 1 amide bonds. The first kappa shape index (κ1) is 13.2. The lowest BCUT2D eigenvalue weighted by Gasteiger charge is -2.11. The van der Waals surface area contributed by atoms with E-state index in [4.69, 9.17) is 5.73 Å². The third-order valence-electron chi connectivity index (χ3n) is 2.96. The number of carbonyl (C=O) groups is 1. The van der Waals surface area contributed by atoms with Crippen LogP contribution in [0.3, 0.4) is 0 Å². The highest BCUT2D eigenvalue weighted by Gasteiger charge is 2.11. The monoisotopic (exact) mass is 255 g/mol. The average molecular weight is 255 g/mol. The summed E-state index contributed by atoms with van der Waals surface area (Å²) in [6.07, 6.45) is 0. The van der Waals surface area contributed by atoms with Gasteiger partial charge >= 0.3 is 0 Å². The number of anilines is 1. The first-order valence-corrected chi connectivity index (χ1v) is 6.15. The second-order valence-electron chi connectivity index (χ2n) is 4.40. The number of hydrogen-bond donors (Lipinski definition) is 2. The van der Waals surface area contributed by atoms with Gasteiger partial charge in [0.1, 0.15) is 0 Å². The number of amides is 1. The van der Waals surface area contributed by atoms with E-state index in [2.05, 4.69) is 10.3 Å². The van der Waals surface area contributed by atoms with Gasteiger partial charge in [0.15, 0.2) is 0 Å². The van der Waals surface area contributed by atoms with Crippen LogP contribution in [-0.2, 0) is 6.54 Å². The van der Waals surface area contributed by atoms with Gasteiger partial charge in [-0.05, 0) is 37.6 Å². The molecule has 2 rings (SSSR count). The van der Waals surface area contributed by atoms with Crippen LogP contribution in [0.2, 0.25) is 0 Å².